The Balaban J connectivity index is 1.72. The number of ether oxygens (including phenoxy) is 1. The molecule has 5 heteroatoms. The second kappa shape index (κ2) is 6.12. The summed E-state index contributed by atoms with van der Waals surface area (Å²) >= 11 is 0. The number of anilines is 2. The van der Waals surface area contributed by atoms with Gasteiger partial charge in [-0.25, -0.2) is 0 Å². The third-order valence-electron chi connectivity index (χ3n) is 3.71. The van der Waals surface area contributed by atoms with Crippen LogP contribution in [0.5, 0.6) is 5.75 Å². The second-order valence-corrected chi connectivity index (χ2v) is 5.75. The molecule has 2 aromatic rings. The first-order valence-corrected chi connectivity index (χ1v) is 7.52. The maximum absolute atomic E-state index is 12.3. The van der Waals surface area contributed by atoms with Crippen LogP contribution in [0.2, 0.25) is 0 Å². The average Bonchev–Trinajstić information content (AvgIpc) is 2.54. The first-order valence-electron chi connectivity index (χ1n) is 7.52. The van der Waals surface area contributed by atoms with Crippen molar-refractivity contribution in [2.24, 2.45) is 0 Å². The highest BCUT2D eigenvalue weighted by atomic mass is 16.5. The highest BCUT2D eigenvalue weighted by Gasteiger charge is 2.33. The molecule has 0 bridgehead atoms. The van der Waals surface area contributed by atoms with Gasteiger partial charge in [0.1, 0.15) is 5.75 Å². The predicted octanol–water partition coefficient (Wildman–Crippen LogP) is 3.15. The maximum Gasteiger partial charge on any atom is 0.275 e. The Hall–Kier alpha value is -2.82. The van der Waals surface area contributed by atoms with E-state index in [4.69, 9.17) is 4.74 Å². The lowest BCUT2D eigenvalue weighted by molar-refractivity contribution is -0.133. The van der Waals surface area contributed by atoms with E-state index in [2.05, 4.69) is 24.5 Å². The number of nitrogens with one attached hydrogen (secondary N) is 2. The zero-order chi connectivity index (χ0) is 16.4. The zero-order valence-corrected chi connectivity index (χ0v) is 13.0. The summed E-state index contributed by atoms with van der Waals surface area (Å²) in [6.07, 6.45) is -1.20. The summed E-state index contributed by atoms with van der Waals surface area (Å²) in [5.74, 6) is -0.0552. The van der Waals surface area contributed by atoms with Crippen LogP contribution in [0, 0.1) is 0 Å². The molecule has 0 saturated heterocycles. The lowest BCUT2D eigenvalue weighted by atomic mass is 10.0. The molecule has 0 saturated carbocycles. The molecule has 0 aliphatic carbocycles. The van der Waals surface area contributed by atoms with E-state index in [0.29, 0.717) is 23.0 Å². The molecule has 0 aromatic heterocycles. The standard InChI is InChI=1S/C18H18N2O3/c1-11(2)12-7-9-13(10-8-12)19-17(21)16-18(22)20-14-5-3-4-6-15(14)23-16/h3-11,16H,1-2H3,(H,19,21)(H,20,22)/t16-/m1/s1. The molecule has 0 spiro atoms. The lowest BCUT2D eigenvalue weighted by Gasteiger charge is -2.24. The molecule has 0 fully saturated rings. The third kappa shape index (κ3) is 3.18. The van der Waals surface area contributed by atoms with Crippen LogP contribution < -0.4 is 15.4 Å². The minimum Gasteiger partial charge on any atom is -0.468 e. The summed E-state index contributed by atoms with van der Waals surface area (Å²) in [5.41, 5.74) is 2.39. The molecular weight excluding hydrogens is 292 g/mol. The van der Waals surface area contributed by atoms with Crippen molar-refractivity contribution < 1.29 is 14.3 Å². The molecule has 2 amide bonds. The Morgan fingerprint density at radius 3 is 2.52 bits per heavy atom. The molecule has 3 rings (SSSR count). The van der Waals surface area contributed by atoms with Gasteiger partial charge >= 0.3 is 0 Å². The Morgan fingerprint density at radius 2 is 1.83 bits per heavy atom. The molecule has 1 atom stereocenters. The normalized spacial score (nSPS) is 16.3. The first-order chi connectivity index (χ1) is 11.0. The molecule has 1 aliphatic heterocycles. The van der Waals surface area contributed by atoms with Gasteiger partial charge < -0.3 is 15.4 Å². The molecule has 0 unspecified atom stereocenters. The van der Waals surface area contributed by atoms with Crippen molar-refractivity contribution in [2.45, 2.75) is 25.9 Å². The summed E-state index contributed by atoms with van der Waals surface area (Å²) in [7, 11) is 0. The fourth-order valence-electron chi connectivity index (χ4n) is 2.38. The fourth-order valence-corrected chi connectivity index (χ4v) is 2.38. The van der Waals surface area contributed by atoms with Gasteiger partial charge in [-0.2, -0.15) is 0 Å². The molecule has 1 aliphatic rings. The van der Waals surface area contributed by atoms with Crippen LogP contribution in [0.25, 0.3) is 0 Å². The van der Waals surface area contributed by atoms with E-state index in [9.17, 15) is 9.59 Å². The number of fused-ring (bicyclic) bond motifs is 1. The Morgan fingerprint density at radius 1 is 1.13 bits per heavy atom. The van der Waals surface area contributed by atoms with Crippen molar-refractivity contribution in [2.75, 3.05) is 10.6 Å². The number of carbonyl (C=O) groups is 2. The SMILES string of the molecule is CC(C)c1ccc(NC(=O)[C@H]2Oc3ccccc3NC2=O)cc1. The summed E-state index contributed by atoms with van der Waals surface area (Å²) in [4.78, 5) is 24.3. The van der Waals surface area contributed by atoms with Crippen molar-refractivity contribution in [1.82, 2.24) is 0 Å². The number of amides is 2. The van der Waals surface area contributed by atoms with Gasteiger partial charge in [0.25, 0.3) is 17.9 Å². The van der Waals surface area contributed by atoms with E-state index in [1.165, 1.54) is 5.56 Å². The zero-order valence-electron chi connectivity index (χ0n) is 13.0. The largest absolute Gasteiger partial charge is 0.468 e. The van der Waals surface area contributed by atoms with E-state index in [1.807, 2.05) is 24.3 Å². The number of para-hydroxylation sites is 2. The fraction of sp³-hybridized carbons (Fsp3) is 0.222. The molecule has 2 aromatic carbocycles. The predicted molar refractivity (Wildman–Crippen MR) is 88.6 cm³/mol. The summed E-state index contributed by atoms with van der Waals surface area (Å²) in [6.45, 7) is 4.20. The molecule has 2 N–H and O–H groups in total. The highest BCUT2D eigenvalue weighted by Crippen LogP contribution is 2.29. The molecule has 23 heavy (non-hydrogen) atoms. The van der Waals surface area contributed by atoms with Crippen molar-refractivity contribution >= 4 is 23.2 Å². The van der Waals surface area contributed by atoms with Gasteiger partial charge in [0, 0.05) is 5.69 Å². The number of hydrogen-bond donors (Lipinski definition) is 2. The van der Waals surface area contributed by atoms with Gasteiger partial charge in [0.05, 0.1) is 5.69 Å². The molecular formula is C18H18N2O3. The lowest BCUT2D eigenvalue weighted by Crippen LogP contribution is -2.45. The van der Waals surface area contributed by atoms with Crippen molar-refractivity contribution in [3.05, 3.63) is 54.1 Å². The van der Waals surface area contributed by atoms with Gasteiger partial charge in [-0.1, -0.05) is 38.1 Å². The van der Waals surface area contributed by atoms with E-state index >= 15 is 0 Å². The van der Waals surface area contributed by atoms with Gasteiger partial charge in [-0.3, -0.25) is 9.59 Å². The van der Waals surface area contributed by atoms with Crippen molar-refractivity contribution in [3.63, 3.8) is 0 Å². The van der Waals surface area contributed by atoms with E-state index in [-0.39, 0.29) is 0 Å². The Bertz CT molecular complexity index is 738. The van der Waals surface area contributed by atoms with Crippen molar-refractivity contribution in [1.29, 1.82) is 0 Å². The van der Waals surface area contributed by atoms with Gasteiger partial charge in [0.2, 0.25) is 0 Å². The van der Waals surface area contributed by atoms with Gasteiger partial charge in [-0.05, 0) is 35.7 Å². The Labute approximate surface area is 134 Å². The van der Waals surface area contributed by atoms with Crippen LogP contribution in [0.3, 0.4) is 0 Å². The molecule has 1 heterocycles. The quantitative estimate of drug-likeness (QED) is 0.856. The van der Waals surface area contributed by atoms with E-state index in [0.717, 1.165) is 0 Å². The van der Waals surface area contributed by atoms with Crippen LogP contribution >= 0.6 is 0 Å². The Kier molecular flexibility index (Phi) is 4.02. The minimum absolute atomic E-state index is 0.420. The topological polar surface area (TPSA) is 67.4 Å². The summed E-state index contributed by atoms with van der Waals surface area (Å²) in [6, 6.07) is 14.6. The number of rotatable bonds is 3. The van der Waals surface area contributed by atoms with Crippen LogP contribution in [0.1, 0.15) is 25.3 Å². The monoisotopic (exact) mass is 310 g/mol. The first kappa shape index (κ1) is 15.1. The maximum atomic E-state index is 12.3. The van der Waals surface area contributed by atoms with E-state index in [1.54, 1.807) is 24.3 Å². The number of carbonyl (C=O) groups excluding carboxylic acids is 2. The highest BCUT2D eigenvalue weighted by molar-refractivity contribution is 6.15. The van der Waals surface area contributed by atoms with Crippen LogP contribution in [-0.2, 0) is 9.59 Å². The number of benzene rings is 2. The molecule has 118 valence electrons. The average molecular weight is 310 g/mol. The van der Waals surface area contributed by atoms with Gasteiger partial charge in [0.15, 0.2) is 0 Å². The minimum atomic E-state index is -1.20. The van der Waals surface area contributed by atoms with Crippen LogP contribution in [0.15, 0.2) is 48.5 Å². The molecule has 5 nitrogen and oxygen atoms in total. The van der Waals surface area contributed by atoms with Crippen LogP contribution in [0.4, 0.5) is 11.4 Å². The van der Waals surface area contributed by atoms with Crippen LogP contribution in [-0.4, -0.2) is 17.9 Å². The van der Waals surface area contributed by atoms with E-state index < -0.39 is 17.9 Å². The third-order valence-corrected chi connectivity index (χ3v) is 3.71. The van der Waals surface area contributed by atoms with Crippen molar-refractivity contribution in [3.8, 4) is 5.75 Å². The smallest absolute Gasteiger partial charge is 0.275 e. The summed E-state index contributed by atoms with van der Waals surface area (Å²) in [5, 5.41) is 5.39. The van der Waals surface area contributed by atoms with Gasteiger partial charge in [-0.15, -0.1) is 0 Å². The summed E-state index contributed by atoms with van der Waals surface area (Å²) < 4.78 is 5.52. The second-order valence-electron chi connectivity index (χ2n) is 5.75. The number of hydrogen-bond acceptors (Lipinski definition) is 3. The molecule has 0 radical (unpaired) electrons.